The lowest BCUT2D eigenvalue weighted by atomic mass is 10.2. The zero-order valence-corrected chi connectivity index (χ0v) is 13.2. The Morgan fingerprint density at radius 2 is 1.81 bits per heavy atom. The summed E-state index contributed by atoms with van der Waals surface area (Å²) in [5.41, 5.74) is 8.45. The SMILES string of the molecule is Nc1nc(Cc2nc(-c3ccccc3)cs2)c(Cl)cc1Cl. The van der Waals surface area contributed by atoms with Gasteiger partial charge in [0.25, 0.3) is 0 Å². The molecule has 2 aromatic heterocycles. The Labute approximate surface area is 136 Å². The second-order valence-electron chi connectivity index (χ2n) is 4.45. The van der Waals surface area contributed by atoms with Crippen LogP contribution in [0.5, 0.6) is 0 Å². The summed E-state index contributed by atoms with van der Waals surface area (Å²) in [5.74, 6) is 0.288. The second-order valence-corrected chi connectivity index (χ2v) is 6.21. The topological polar surface area (TPSA) is 51.8 Å². The van der Waals surface area contributed by atoms with Crippen molar-refractivity contribution in [3.8, 4) is 11.3 Å². The fourth-order valence-electron chi connectivity index (χ4n) is 1.92. The lowest BCUT2D eigenvalue weighted by Crippen LogP contribution is -1.99. The summed E-state index contributed by atoms with van der Waals surface area (Å²) in [5, 5.41) is 3.83. The molecular weight excluding hydrogens is 325 g/mol. The molecule has 0 aliphatic carbocycles. The van der Waals surface area contributed by atoms with E-state index in [0.29, 0.717) is 22.2 Å². The number of hydrogen-bond acceptors (Lipinski definition) is 4. The monoisotopic (exact) mass is 335 g/mol. The lowest BCUT2D eigenvalue weighted by molar-refractivity contribution is 1.06. The molecule has 106 valence electrons. The number of hydrogen-bond donors (Lipinski definition) is 1. The Hall–Kier alpha value is -1.62. The summed E-state index contributed by atoms with van der Waals surface area (Å²) in [6.07, 6.45) is 0.539. The van der Waals surface area contributed by atoms with Gasteiger partial charge in [0.05, 0.1) is 26.4 Å². The second kappa shape index (κ2) is 6.02. The minimum atomic E-state index is 0.288. The zero-order chi connectivity index (χ0) is 14.8. The van der Waals surface area contributed by atoms with E-state index >= 15 is 0 Å². The Morgan fingerprint density at radius 3 is 2.57 bits per heavy atom. The molecule has 2 N–H and O–H groups in total. The summed E-state index contributed by atoms with van der Waals surface area (Å²) < 4.78 is 0. The number of halogens is 2. The number of benzene rings is 1. The number of aromatic nitrogens is 2. The molecule has 0 aliphatic heterocycles. The van der Waals surface area contributed by atoms with Gasteiger partial charge in [-0.15, -0.1) is 11.3 Å². The molecule has 3 rings (SSSR count). The van der Waals surface area contributed by atoms with Gasteiger partial charge in [-0.1, -0.05) is 53.5 Å². The Bertz CT molecular complexity index is 772. The number of rotatable bonds is 3. The molecular formula is C15H11Cl2N3S. The maximum absolute atomic E-state index is 6.15. The quantitative estimate of drug-likeness (QED) is 0.755. The van der Waals surface area contributed by atoms with Crippen molar-refractivity contribution in [2.75, 3.05) is 5.73 Å². The van der Waals surface area contributed by atoms with Gasteiger partial charge in [-0.05, 0) is 6.07 Å². The van der Waals surface area contributed by atoms with Crippen LogP contribution in [0.25, 0.3) is 11.3 Å². The number of nitrogens with zero attached hydrogens (tertiary/aromatic N) is 2. The third kappa shape index (κ3) is 3.18. The molecule has 0 atom stereocenters. The number of nitrogens with two attached hydrogens (primary N) is 1. The Kier molecular flexibility index (Phi) is 4.10. The largest absolute Gasteiger partial charge is 0.382 e. The van der Waals surface area contributed by atoms with Gasteiger partial charge in [-0.3, -0.25) is 0 Å². The number of anilines is 1. The van der Waals surface area contributed by atoms with Crippen molar-refractivity contribution in [2.45, 2.75) is 6.42 Å². The predicted molar refractivity (Wildman–Crippen MR) is 89.0 cm³/mol. The minimum Gasteiger partial charge on any atom is -0.382 e. The van der Waals surface area contributed by atoms with Crippen LogP contribution in [0.1, 0.15) is 10.7 Å². The highest BCUT2D eigenvalue weighted by atomic mass is 35.5. The van der Waals surface area contributed by atoms with Crippen LogP contribution in [0.3, 0.4) is 0 Å². The van der Waals surface area contributed by atoms with Crippen molar-refractivity contribution in [1.29, 1.82) is 0 Å². The first-order chi connectivity index (χ1) is 10.1. The highest BCUT2D eigenvalue weighted by molar-refractivity contribution is 7.10. The lowest BCUT2D eigenvalue weighted by Gasteiger charge is -2.04. The molecule has 0 saturated carbocycles. The van der Waals surface area contributed by atoms with Gasteiger partial charge in [-0.25, -0.2) is 9.97 Å². The standard InChI is InChI=1S/C15H11Cl2N3S/c16-10-6-11(17)15(18)20-12(10)7-14-19-13(8-21-14)9-4-2-1-3-5-9/h1-6,8H,7H2,(H2,18,20). The van der Waals surface area contributed by atoms with E-state index in [1.165, 1.54) is 0 Å². The Balaban J connectivity index is 1.87. The molecule has 0 amide bonds. The van der Waals surface area contributed by atoms with Gasteiger partial charge in [0.15, 0.2) is 0 Å². The smallest absolute Gasteiger partial charge is 0.142 e. The molecule has 0 radical (unpaired) electrons. The van der Waals surface area contributed by atoms with Crippen molar-refractivity contribution < 1.29 is 0 Å². The molecule has 0 spiro atoms. The first kappa shape index (κ1) is 14.3. The van der Waals surface area contributed by atoms with E-state index in [4.69, 9.17) is 28.9 Å². The molecule has 6 heteroatoms. The summed E-state index contributed by atoms with van der Waals surface area (Å²) in [4.78, 5) is 8.85. The van der Waals surface area contributed by atoms with Crippen LogP contribution >= 0.6 is 34.5 Å². The molecule has 0 fully saturated rings. The maximum atomic E-state index is 6.15. The molecule has 3 aromatic rings. The van der Waals surface area contributed by atoms with Gasteiger partial charge < -0.3 is 5.73 Å². The fraction of sp³-hybridized carbons (Fsp3) is 0.0667. The molecule has 3 nitrogen and oxygen atoms in total. The van der Waals surface area contributed by atoms with E-state index in [0.717, 1.165) is 16.3 Å². The van der Waals surface area contributed by atoms with Crippen LogP contribution in [0.2, 0.25) is 10.0 Å². The average molecular weight is 336 g/mol. The molecule has 0 aliphatic rings. The zero-order valence-electron chi connectivity index (χ0n) is 10.9. The fourth-order valence-corrected chi connectivity index (χ4v) is 3.15. The third-order valence-electron chi connectivity index (χ3n) is 2.97. The average Bonchev–Trinajstić information content (AvgIpc) is 2.94. The molecule has 0 bridgehead atoms. The molecule has 2 heterocycles. The van der Waals surface area contributed by atoms with Crippen LogP contribution in [0.4, 0.5) is 5.82 Å². The summed E-state index contributed by atoms with van der Waals surface area (Å²) >= 11 is 13.6. The maximum Gasteiger partial charge on any atom is 0.142 e. The van der Waals surface area contributed by atoms with Gasteiger partial charge >= 0.3 is 0 Å². The van der Waals surface area contributed by atoms with Crippen molar-refractivity contribution in [3.05, 3.63) is 62.5 Å². The van der Waals surface area contributed by atoms with E-state index in [1.54, 1.807) is 17.4 Å². The molecule has 0 saturated heterocycles. The molecule has 1 aromatic carbocycles. The highest BCUT2D eigenvalue weighted by Crippen LogP contribution is 2.28. The van der Waals surface area contributed by atoms with E-state index in [-0.39, 0.29) is 5.82 Å². The van der Waals surface area contributed by atoms with Gasteiger partial charge in [0, 0.05) is 17.4 Å². The van der Waals surface area contributed by atoms with Crippen molar-refractivity contribution in [2.24, 2.45) is 0 Å². The van der Waals surface area contributed by atoms with Crippen molar-refractivity contribution >= 4 is 40.4 Å². The number of thiazole rings is 1. The van der Waals surface area contributed by atoms with E-state index in [9.17, 15) is 0 Å². The van der Waals surface area contributed by atoms with E-state index in [2.05, 4.69) is 9.97 Å². The summed E-state index contributed by atoms with van der Waals surface area (Å²) in [6.45, 7) is 0. The van der Waals surface area contributed by atoms with Crippen molar-refractivity contribution in [3.63, 3.8) is 0 Å². The van der Waals surface area contributed by atoms with Crippen LogP contribution in [0.15, 0.2) is 41.8 Å². The highest BCUT2D eigenvalue weighted by Gasteiger charge is 2.11. The molecule has 21 heavy (non-hydrogen) atoms. The third-order valence-corrected chi connectivity index (χ3v) is 4.45. The molecule has 0 unspecified atom stereocenters. The van der Waals surface area contributed by atoms with Crippen LogP contribution < -0.4 is 5.73 Å². The number of nitrogen functional groups attached to an aromatic ring is 1. The van der Waals surface area contributed by atoms with Crippen LogP contribution in [0, 0.1) is 0 Å². The summed E-state index contributed by atoms with van der Waals surface area (Å²) in [7, 11) is 0. The van der Waals surface area contributed by atoms with E-state index < -0.39 is 0 Å². The van der Waals surface area contributed by atoms with Crippen LogP contribution in [-0.2, 0) is 6.42 Å². The first-order valence-electron chi connectivity index (χ1n) is 6.23. The van der Waals surface area contributed by atoms with Crippen molar-refractivity contribution in [1.82, 2.24) is 9.97 Å². The van der Waals surface area contributed by atoms with Gasteiger partial charge in [0.2, 0.25) is 0 Å². The first-order valence-corrected chi connectivity index (χ1v) is 7.87. The van der Waals surface area contributed by atoms with Crippen LogP contribution in [-0.4, -0.2) is 9.97 Å². The van der Waals surface area contributed by atoms with E-state index in [1.807, 2.05) is 35.7 Å². The van der Waals surface area contributed by atoms with Gasteiger partial charge in [0.1, 0.15) is 5.82 Å². The normalized spacial score (nSPS) is 10.8. The van der Waals surface area contributed by atoms with Gasteiger partial charge in [-0.2, -0.15) is 0 Å². The number of pyridine rings is 1. The Morgan fingerprint density at radius 1 is 1.05 bits per heavy atom. The summed E-state index contributed by atoms with van der Waals surface area (Å²) in [6, 6.07) is 11.7. The minimum absolute atomic E-state index is 0.288. The predicted octanol–water partition coefficient (Wildman–Crippen LogP) is 4.68.